The molecule has 1 saturated heterocycles. The molecule has 6 nitrogen and oxygen atoms in total. The Bertz CT molecular complexity index is 879. The Kier molecular flexibility index (Phi) is 5.25. The maximum Gasteiger partial charge on any atom is 0.253 e. The van der Waals surface area contributed by atoms with Crippen LogP contribution in [-0.4, -0.2) is 56.7 Å². The number of aromatic nitrogens is 3. The number of pyridine rings is 1. The zero-order valence-electron chi connectivity index (χ0n) is 15.2. The van der Waals surface area contributed by atoms with Crippen molar-refractivity contribution in [3.05, 3.63) is 78.4 Å². The van der Waals surface area contributed by atoms with Crippen LogP contribution in [0.15, 0.2) is 67.1 Å². The van der Waals surface area contributed by atoms with E-state index in [2.05, 4.69) is 21.0 Å². The standard InChI is InChI=1S/C21H23N5O/c27-21(18-6-3-8-20(16-18)26-13-4-10-23-26)25-12-5-11-24(14-15-25)17-19-7-1-2-9-22-19/h1-4,6-10,13,16H,5,11-12,14-15,17H2. The van der Waals surface area contributed by atoms with Crippen molar-refractivity contribution in [1.82, 2.24) is 24.6 Å². The zero-order valence-corrected chi connectivity index (χ0v) is 15.2. The molecule has 0 N–H and O–H groups in total. The summed E-state index contributed by atoms with van der Waals surface area (Å²) in [5.41, 5.74) is 2.68. The van der Waals surface area contributed by atoms with Gasteiger partial charge in [-0.25, -0.2) is 4.68 Å². The van der Waals surface area contributed by atoms with Crippen LogP contribution in [0.25, 0.3) is 5.69 Å². The smallest absolute Gasteiger partial charge is 0.253 e. The number of benzene rings is 1. The van der Waals surface area contributed by atoms with Crippen LogP contribution in [0.5, 0.6) is 0 Å². The number of carbonyl (C=O) groups excluding carboxylic acids is 1. The first-order valence-electron chi connectivity index (χ1n) is 9.31. The highest BCUT2D eigenvalue weighted by Gasteiger charge is 2.21. The highest BCUT2D eigenvalue weighted by atomic mass is 16.2. The van der Waals surface area contributed by atoms with E-state index >= 15 is 0 Å². The number of hydrogen-bond acceptors (Lipinski definition) is 4. The summed E-state index contributed by atoms with van der Waals surface area (Å²) in [5, 5.41) is 4.24. The summed E-state index contributed by atoms with van der Waals surface area (Å²) >= 11 is 0. The normalized spacial score (nSPS) is 15.5. The van der Waals surface area contributed by atoms with Crippen LogP contribution >= 0.6 is 0 Å². The van der Waals surface area contributed by atoms with E-state index in [-0.39, 0.29) is 5.91 Å². The van der Waals surface area contributed by atoms with Gasteiger partial charge in [-0.05, 0) is 42.8 Å². The predicted molar refractivity (Wildman–Crippen MR) is 104 cm³/mol. The molecule has 4 rings (SSSR count). The van der Waals surface area contributed by atoms with Gasteiger partial charge >= 0.3 is 0 Å². The van der Waals surface area contributed by atoms with Crippen LogP contribution in [0.1, 0.15) is 22.5 Å². The Balaban J connectivity index is 1.42. The zero-order chi connectivity index (χ0) is 18.5. The third-order valence-electron chi connectivity index (χ3n) is 4.85. The van der Waals surface area contributed by atoms with Gasteiger partial charge < -0.3 is 4.90 Å². The lowest BCUT2D eigenvalue weighted by atomic mass is 10.1. The molecule has 1 aromatic carbocycles. The van der Waals surface area contributed by atoms with Crippen LogP contribution in [0.4, 0.5) is 0 Å². The van der Waals surface area contributed by atoms with Crippen LogP contribution < -0.4 is 0 Å². The van der Waals surface area contributed by atoms with E-state index in [1.54, 1.807) is 10.9 Å². The fourth-order valence-corrected chi connectivity index (χ4v) is 3.44. The van der Waals surface area contributed by atoms with Gasteiger partial charge in [-0.1, -0.05) is 12.1 Å². The van der Waals surface area contributed by atoms with Crippen molar-refractivity contribution in [2.24, 2.45) is 0 Å². The second kappa shape index (κ2) is 8.14. The Morgan fingerprint density at radius 3 is 2.74 bits per heavy atom. The first kappa shape index (κ1) is 17.4. The maximum atomic E-state index is 13.0. The molecule has 1 amide bonds. The third kappa shape index (κ3) is 4.23. The Morgan fingerprint density at radius 2 is 1.93 bits per heavy atom. The highest BCUT2D eigenvalue weighted by molar-refractivity contribution is 5.94. The Morgan fingerprint density at radius 1 is 0.963 bits per heavy atom. The molecule has 138 valence electrons. The molecule has 0 atom stereocenters. The van der Waals surface area contributed by atoms with Crippen molar-refractivity contribution in [2.45, 2.75) is 13.0 Å². The van der Waals surface area contributed by atoms with Gasteiger partial charge in [-0.3, -0.25) is 14.7 Å². The van der Waals surface area contributed by atoms with Gasteiger partial charge in [-0.15, -0.1) is 0 Å². The van der Waals surface area contributed by atoms with Crippen molar-refractivity contribution in [3.8, 4) is 5.69 Å². The first-order valence-corrected chi connectivity index (χ1v) is 9.31. The van der Waals surface area contributed by atoms with Crippen LogP contribution in [0.2, 0.25) is 0 Å². The summed E-state index contributed by atoms with van der Waals surface area (Å²) in [4.78, 5) is 21.7. The summed E-state index contributed by atoms with van der Waals surface area (Å²) in [7, 11) is 0. The fourth-order valence-electron chi connectivity index (χ4n) is 3.44. The van der Waals surface area contributed by atoms with Gasteiger partial charge in [-0.2, -0.15) is 5.10 Å². The molecule has 0 aliphatic carbocycles. The van der Waals surface area contributed by atoms with Gasteiger partial charge in [0.15, 0.2) is 0 Å². The third-order valence-corrected chi connectivity index (χ3v) is 4.85. The Labute approximate surface area is 159 Å². The fraction of sp³-hybridized carbons (Fsp3) is 0.286. The van der Waals surface area contributed by atoms with Crippen molar-refractivity contribution in [2.75, 3.05) is 26.2 Å². The van der Waals surface area contributed by atoms with E-state index in [0.29, 0.717) is 5.56 Å². The predicted octanol–water partition coefficient (Wildman–Crippen LogP) is 2.62. The van der Waals surface area contributed by atoms with Gasteiger partial charge in [0.05, 0.1) is 11.4 Å². The molecule has 3 aromatic rings. The lowest BCUT2D eigenvalue weighted by molar-refractivity contribution is 0.0761. The quantitative estimate of drug-likeness (QED) is 0.717. The van der Waals surface area contributed by atoms with Gasteiger partial charge in [0.2, 0.25) is 0 Å². The molecule has 2 aromatic heterocycles. The molecule has 0 saturated carbocycles. The van der Waals surface area contributed by atoms with Crippen molar-refractivity contribution in [3.63, 3.8) is 0 Å². The Hall–Kier alpha value is -2.99. The van der Waals surface area contributed by atoms with Crippen molar-refractivity contribution in [1.29, 1.82) is 0 Å². The van der Waals surface area contributed by atoms with E-state index in [0.717, 1.165) is 50.5 Å². The minimum Gasteiger partial charge on any atom is -0.337 e. The lowest BCUT2D eigenvalue weighted by Gasteiger charge is -2.22. The molecule has 0 spiro atoms. The summed E-state index contributed by atoms with van der Waals surface area (Å²) in [6, 6.07) is 15.5. The van der Waals surface area contributed by atoms with Gasteiger partial charge in [0.1, 0.15) is 0 Å². The number of carbonyl (C=O) groups is 1. The summed E-state index contributed by atoms with van der Waals surface area (Å²) in [6.07, 6.45) is 6.41. The summed E-state index contributed by atoms with van der Waals surface area (Å²) in [5.74, 6) is 0.0868. The minimum atomic E-state index is 0.0868. The van der Waals surface area contributed by atoms with E-state index in [9.17, 15) is 4.79 Å². The summed E-state index contributed by atoms with van der Waals surface area (Å²) < 4.78 is 1.77. The highest BCUT2D eigenvalue weighted by Crippen LogP contribution is 2.14. The maximum absolute atomic E-state index is 13.0. The molecule has 3 heterocycles. The number of rotatable bonds is 4. The second-order valence-corrected chi connectivity index (χ2v) is 6.74. The molecular formula is C21H23N5O. The van der Waals surface area contributed by atoms with E-state index in [1.807, 2.05) is 59.8 Å². The molecule has 6 heteroatoms. The molecule has 0 radical (unpaired) electrons. The van der Waals surface area contributed by atoms with Crippen LogP contribution in [-0.2, 0) is 6.54 Å². The van der Waals surface area contributed by atoms with E-state index in [4.69, 9.17) is 0 Å². The minimum absolute atomic E-state index is 0.0868. The number of hydrogen-bond donors (Lipinski definition) is 0. The average molecular weight is 361 g/mol. The van der Waals surface area contributed by atoms with Crippen molar-refractivity contribution < 1.29 is 4.79 Å². The van der Waals surface area contributed by atoms with Gasteiger partial charge in [0, 0.05) is 56.9 Å². The molecule has 1 aliphatic rings. The van der Waals surface area contributed by atoms with Crippen LogP contribution in [0, 0.1) is 0 Å². The molecule has 1 aliphatic heterocycles. The van der Waals surface area contributed by atoms with Crippen LogP contribution in [0.3, 0.4) is 0 Å². The van der Waals surface area contributed by atoms with Gasteiger partial charge in [0.25, 0.3) is 5.91 Å². The molecule has 0 bridgehead atoms. The van der Waals surface area contributed by atoms with Crippen molar-refractivity contribution >= 4 is 5.91 Å². The molecule has 0 unspecified atom stereocenters. The van der Waals surface area contributed by atoms with E-state index in [1.165, 1.54) is 0 Å². The van der Waals surface area contributed by atoms with E-state index < -0.39 is 0 Å². The largest absolute Gasteiger partial charge is 0.337 e. The SMILES string of the molecule is O=C(c1cccc(-n2cccn2)c1)N1CCCN(Cc2ccccn2)CC1. The molecule has 1 fully saturated rings. The number of amides is 1. The molecular weight excluding hydrogens is 338 g/mol. The first-order chi connectivity index (χ1) is 13.3. The lowest BCUT2D eigenvalue weighted by Crippen LogP contribution is -2.35. The summed E-state index contributed by atoms with van der Waals surface area (Å²) in [6.45, 7) is 4.19. The monoisotopic (exact) mass is 361 g/mol. The molecule has 27 heavy (non-hydrogen) atoms. The number of nitrogens with zero attached hydrogens (tertiary/aromatic N) is 5. The topological polar surface area (TPSA) is 54.3 Å². The average Bonchev–Trinajstić information content (AvgIpc) is 3.16. The second-order valence-electron chi connectivity index (χ2n) is 6.74.